The van der Waals surface area contributed by atoms with E-state index in [1.807, 2.05) is 18.2 Å². The largest absolute Gasteiger partial charge is 0.493 e. The molecule has 0 radical (unpaired) electrons. The number of amides is 1. The molecular formula is C20H18FN3O3. The third-order valence-corrected chi connectivity index (χ3v) is 4.67. The lowest BCUT2D eigenvalue weighted by Gasteiger charge is -2.24. The normalized spacial score (nSPS) is 15.8. The Kier molecular flexibility index (Phi) is 4.27. The van der Waals surface area contributed by atoms with Crippen molar-refractivity contribution < 1.29 is 18.7 Å². The Morgan fingerprint density at radius 2 is 1.96 bits per heavy atom. The van der Waals surface area contributed by atoms with Gasteiger partial charge in [-0.3, -0.25) is 9.36 Å². The molecule has 4 rings (SSSR count). The van der Waals surface area contributed by atoms with Crippen LogP contribution in [0.15, 0.2) is 48.8 Å². The van der Waals surface area contributed by atoms with E-state index < -0.39 is 0 Å². The Labute approximate surface area is 155 Å². The topological polar surface area (TPSA) is 65.4 Å². The van der Waals surface area contributed by atoms with Crippen molar-refractivity contribution in [3.05, 3.63) is 65.9 Å². The Bertz CT molecular complexity index is 1020. The molecule has 2 heterocycles. The number of benzene rings is 2. The average Bonchev–Trinajstić information content (AvgIpc) is 3.10. The lowest BCUT2D eigenvalue weighted by Crippen LogP contribution is -2.25. The first kappa shape index (κ1) is 17.1. The smallest absolute Gasteiger partial charge is 0.226 e. The summed E-state index contributed by atoms with van der Waals surface area (Å²) in [7, 11) is 3.14. The molecule has 0 unspecified atom stereocenters. The number of carbonyl (C=O) groups excluding carboxylic acids is 1. The SMILES string of the molecule is COc1ccc([C@H]2CC(=O)Nc3c2ncn3-c2cccc(F)c2)cc1OC. The summed E-state index contributed by atoms with van der Waals surface area (Å²) in [5.41, 5.74) is 2.22. The van der Waals surface area contributed by atoms with Crippen molar-refractivity contribution in [2.24, 2.45) is 0 Å². The van der Waals surface area contributed by atoms with Crippen molar-refractivity contribution in [1.82, 2.24) is 9.55 Å². The number of rotatable bonds is 4. The van der Waals surface area contributed by atoms with E-state index in [9.17, 15) is 9.18 Å². The summed E-state index contributed by atoms with van der Waals surface area (Å²) < 4.78 is 26.0. The van der Waals surface area contributed by atoms with E-state index >= 15 is 0 Å². The van der Waals surface area contributed by atoms with Crippen LogP contribution in [0.2, 0.25) is 0 Å². The molecule has 27 heavy (non-hydrogen) atoms. The van der Waals surface area contributed by atoms with Gasteiger partial charge in [0.15, 0.2) is 11.5 Å². The predicted molar refractivity (Wildman–Crippen MR) is 98.2 cm³/mol. The van der Waals surface area contributed by atoms with Crippen molar-refractivity contribution in [3.8, 4) is 17.2 Å². The summed E-state index contributed by atoms with van der Waals surface area (Å²) in [6.45, 7) is 0. The Morgan fingerprint density at radius 3 is 2.70 bits per heavy atom. The number of aromatic nitrogens is 2. The van der Waals surface area contributed by atoms with E-state index in [-0.39, 0.29) is 24.1 Å². The van der Waals surface area contributed by atoms with Crippen LogP contribution in [-0.4, -0.2) is 29.7 Å². The number of carbonyl (C=O) groups is 1. The van der Waals surface area contributed by atoms with Crippen LogP contribution < -0.4 is 14.8 Å². The number of imidazole rings is 1. The van der Waals surface area contributed by atoms with E-state index in [0.29, 0.717) is 23.0 Å². The molecule has 0 bridgehead atoms. The number of anilines is 1. The van der Waals surface area contributed by atoms with Gasteiger partial charge in [0.25, 0.3) is 0 Å². The molecule has 1 aliphatic rings. The number of fused-ring (bicyclic) bond motifs is 1. The third kappa shape index (κ3) is 3.01. The van der Waals surface area contributed by atoms with Crippen LogP contribution in [0.4, 0.5) is 10.2 Å². The fourth-order valence-electron chi connectivity index (χ4n) is 3.37. The summed E-state index contributed by atoms with van der Waals surface area (Å²) in [5, 5.41) is 2.86. The van der Waals surface area contributed by atoms with Gasteiger partial charge < -0.3 is 14.8 Å². The monoisotopic (exact) mass is 367 g/mol. The maximum absolute atomic E-state index is 13.6. The summed E-state index contributed by atoms with van der Waals surface area (Å²) in [6, 6.07) is 11.7. The van der Waals surface area contributed by atoms with Gasteiger partial charge in [0.05, 0.1) is 25.6 Å². The minimum atomic E-state index is -0.353. The minimum absolute atomic E-state index is 0.125. The molecule has 0 aliphatic carbocycles. The summed E-state index contributed by atoms with van der Waals surface area (Å²) in [6.07, 6.45) is 1.86. The highest BCUT2D eigenvalue weighted by Crippen LogP contribution is 2.40. The van der Waals surface area contributed by atoms with Crippen LogP contribution in [0.25, 0.3) is 5.69 Å². The number of ether oxygens (including phenoxy) is 2. The minimum Gasteiger partial charge on any atom is -0.493 e. The second-order valence-electron chi connectivity index (χ2n) is 6.25. The van der Waals surface area contributed by atoms with E-state index in [4.69, 9.17) is 9.47 Å². The van der Waals surface area contributed by atoms with Crippen LogP contribution in [0.3, 0.4) is 0 Å². The second-order valence-corrected chi connectivity index (χ2v) is 6.25. The highest BCUT2D eigenvalue weighted by Gasteiger charge is 2.31. The van der Waals surface area contributed by atoms with Gasteiger partial charge in [0.1, 0.15) is 18.0 Å². The van der Waals surface area contributed by atoms with Crippen molar-refractivity contribution in [2.45, 2.75) is 12.3 Å². The molecule has 138 valence electrons. The van der Waals surface area contributed by atoms with Crippen LogP contribution >= 0.6 is 0 Å². The maximum Gasteiger partial charge on any atom is 0.226 e. The van der Waals surface area contributed by atoms with Gasteiger partial charge in [-0.15, -0.1) is 0 Å². The highest BCUT2D eigenvalue weighted by atomic mass is 19.1. The van der Waals surface area contributed by atoms with Gasteiger partial charge in [-0.25, -0.2) is 9.37 Å². The molecule has 1 amide bonds. The Hall–Kier alpha value is -3.35. The molecule has 1 aromatic heterocycles. The van der Waals surface area contributed by atoms with E-state index in [2.05, 4.69) is 10.3 Å². The number of nitrogens with zero attached hydrogens (tertiary/aromatic N) is 2. The Balaban J connectivity index is 1.80. The number of halogens is 1. The van der Waals surface area contributed by atoms with Crippen LogP contribution in [-0.2, 0) is 4.79 Å². The van der Waals surface area contributed by atoms with Gasteiger partial charge in [0, 0.05) is 12.3 Å². The van der Waals surface area contributed by atoms with E-state index in [0.717, 1.165) is 11.3 Å². The molecule has 1 aliphatic heterocycles. The number of hydrogen-bond acceptors (Lipinski definition) is 4. The highest BCUT2D eigenvalue weighted by molar-refractivity contribution is 5.94. The zero-order valence-electron chi connectivity index (χ0n) is 14.9. The number of methoxy groups -OCH3 is 2. The molecule has 2 aromatic carbocycles. The van der Waals surface area contributed by atoms with E-state index in [1.165, 1.54) is 12.1 Å². The van der Waals surface area contributed by atoms with Gasteiger partial charge in [0.2, 0.25) is 5.91 Å². The van der Waals surface area contributed by atoms with Crippen LogP contribution in [0, 0.1) is 5.82 Å². The molecular weight excluding hydrogens is 349 g/mol. The zero-order chi connectivity index (χ0) is 19.0. The van der Waals surface area contributed by atoms with E-state index in [1.54, 1.807) is 37.2 Å². The molecule has 3 aromatic rings. The number of hydrogen-bond donors (Lipinski definition) is 1. The molecule has 6 nitrogen and oxygen atoms in total. The predicted octanol–water partition coefficient (Wildman–Crippen LogP) is 3.50. The molecule has 7 heteroatoms. The summed E-state index contributed by atoms with van der Waals surface area (Å²) in [4.78, 5) is 16.9. The number of nitrogens with one attached hydrogen (secondary N) is 1. The van der Waals surface area contributed by atoms with Gasteiger partial charge in [-0.1, -0.05) is 12.1 Å². The second kappa shape index (κ2) is 6.75. The summed E-state index contributed by atoms with van der Waals surface area (Å²) >= 11 is 0. The standard InChI is InChI=1S/C20H18FN3O3/c1-26-16-7-6-12(8-17(16)27-2)15-10-18(25)23-20-19(15)22-11-24(20)14-5-3-4-13(21)9-14/h3-9,11,15H,10H2,1-2H3,(H,23,25)/t15-/m1/s1. The molecule has 1 N–H and O–H groups in total. The van der Waals surface area contributed by atoms with Crippen molar-refractivity contribution in [1.29, 1.82) is 0 Å². The molecule has 0 saturated heterocycles. The van der Waals surface area contributed by atoms with Gasteiger partial charge in [-0.05, 0) is 35.9 Å². The van der Waals surface area contributed by atoms with Crippen molar-refractivity contribution in [3.63, 3.8) is 0 Å². The first-order valence-electron chi connectivity index (χ1n) is 8.45. The lowest BCUT2D eigenvalue weighted by molar-refractivity contribution is -0.116. The maximum atomic E-state index is 13.6. The van der Waals surface area contributed by atoms with Gasteiger partial charge >= 0.3 is 0 Å². The van der Waals surface area contributed by atoms with Crippen LogP contribution in [0.1, 0.15) is 23.6 Å². The first-order valence-corrected chi connectivity index (χ1v) is 8.45. The average molecular weight is 367 g/mol. The Morgan fingerprint density at radius 1 is 1.15 bits per heavy atom. The molecule has 0 fully saturated rings. The zero-order valence-corrected chi connectivity index (χ0v) is 14.9. The lowest BCUT2D eigenvalue weighted by atomic mass is 9.89. The molecule has 1 atom stereocenters. The fraction of sp³-hybridized carbons (Fsp3) is 0.200. The fourth-order valence-corrected chi connectivity index (χ4v) is 3.37. The summed E-state index contributed by atoms with van der Waals surface area (Å²) in [5.74, 6) is 1.05. The third-order valence-electron chi connectivity index (χ3n) is 4.67. The quantitative estimate of drug-likeness (QED) is 0.766. The molecule has 0 spiro atoms. The molecule has 0 saturated carbocycles. The van der Waals surface area contributed by atoms with Crippen LogP contribution in [0.5, 0.6) is 11.5 Å². The van der Waals surface area contributed by atoms with Crippen molar-refractivity contribution in [2.75, 3.05) is 19.5 Å². The van der Waals surface area contributed by atoms with Gasteiger partial charge in [-0.2, -0.15) is 0 Å². The van der Waals surface area contributed by atoms with Crippen molar-refractivity contribution >= 4 is 11.7 Å². The first-order chi connectivity index (χ1) is 13.1.